The van der Waals surface area contributed by atoms with Crippen molar-refractivity contribution in [3.8, 4) is 0 Å². The summed E-state index contributed by atoms with van der Waals surface area (Å²) < 4.78 is 12.9. The zero-order valence-corrected chi connectivity index (χ0v) is 11.5. The molecule has 0 saturated heterocycles. The van der Waals surface area contributed by atoms with Crippen molar-refractivity contribution in [1.82, 2.24) is 5.32 Å². The molecule has 1 aliphatic rings. The standard InChI is InChI=1S/C14H15ClFNO3/c15-11-7-10(16)3-2-9(11)6-12(18)17-14(4-1-5-14)8-13(19)20/h2-3,7H,1,4-6,8H2,(H,17,18)(H,19,20). The van der Waals surface area contributed by atoms with Crippen LogP contribution in [0.3, 0.4) is 0 Å². The first-order valence-corrected chi connectivity index (χ1v) is 6.75. The number of hydrogen-bond donors (Lipinski definition) is 2. The Labute approximate surface area is 120 Å². The highest BCUT2D eigenvalue weighted by Gasteiger charge is 2.40. The van der Waals surface area contributed by atoms with Crippen molar-refractivity contribution in [2.45, 2.75) is 37.6 Å². The number of nitrogens with one attached hydrogen (secondary N) is 1. The number of carboxylic acid groups (broad SMARTS) is 1. The predicted octanol–water partition coefficient (Wildman–Crippen LogP) is 2.54. The molecule has 0 aliphatic heterocycles. The van der Waals surface area contributed by atoms with Gasteiger partial charge in [-0.1, -0.05) is 17.7 Å². The van der Waals surface area contributed by atoms with E-state index in [0.29, 0.717) is 18.4 Å². The predicted molar refractivity (Wildman–Crippen MR) is 72.1 cm³/mol. The summed E-state index contributed by atoms with van der Waals surface area (Å²) in [5, 5.41) is 11.9. The molecule has 4 nitrogen and oxygen atoms in total. The molecule has 0 heterocycles. The second kappa shape index (κ2) is 5.79. The minimum absolute atomic E-state index is 0.0144. The van der Waals surface area contributed by atoms with Gasteiger partial charge in [-0.05, 0) is 37.0 Å². The lowest BCUT2D eigenvalue weighted by Gasteiger charge is -2.41. The van der Waals surface area contributed by atoms with E-state index in [1.165, 1.54) is 12.1 Å². The average molecular weight is 300 g/mol. The minimum atomic E-state index is -0.926. The van der Waals surface area contributed by atoms with Crippen molar-refractivity contribution in [3.63, 3.8) is 0 Å². The first kappa shape index (κ1) is 14.8. The molecule has 0 atom stereocenters. The fourth-order valence-electron chi connectivity index (χ4n) is 2.42. The van der Waals surface area contributed by atoms with Crippen LogP contribution in [0.2, 0.25) is 5.02 Å². The van der Waals surface area contributed by atoms with E-state index in [4.69, 9.17) is 16.7 Å². The van der Waals surface area contributed by atoms with Gasteiger partial charge in [-0.25, -0.2) is 4.39 Å². The van der Waals surface area contributed by atoms with Crippen molar-refractivity contribution >= 4 is 23.5 Å². The summed E-state index contributed by atoms with van der Waals surface area (Å²) in [5.74, 6) is -1.68. The molecule has 1 saturated carbocycles. The van der Waals surface area contributed by atoms with Gasteiger partial charge in [-0.2, -0.15) is 0 Å². The molecule has 20 heavy (non-hydrogen) atoms. The molecule has 0 radical (unpaired) electrons. The fourth-order valence-corrected chi connectivity index (χ4v) is 2.65. The number of carbonyl (C=O) groups excluding carboxylic acids is 1. The van der Waals surface area contributed by atoms with Gasteiger partial charge in [0.25, 0.3) is 0 Å². The summed E-state index contributed by atoms with van der Waals surface area (Å²) in [5.41, 5.74) is -0.106. The molecular weight excluding hydrogens is 285 g/mol. The van der Waals surface area contributed by atoms with E-state index in [1.807, 2.05) is 0 Å². The Kier molecular flexibility index (Phi) is 4.28. The van der Waals surface area contributed by atoms with Crippen molar-refractivity contribution < 1.29 is 19.1 Å². The number of aliphatic carboxylic acids is 1. The Morgan fingerprint density at radius 2 is 2.10 bits per heavy atom. The topological polar surface area (TPSA) is 66.4 Å². The number of halogens is 2. The van der Waals surface area contributed by atoms with Gasteiger partial charge < -0.3 is 10.4 Å². The number of carboxylic acids is 1. The number of benzene rings is 1. The molecule has 1 amide bonds. The molecule has 0 spiro atoms. The van der Waals surface area contributed by atoms with Crippen molar-refractivity contribution in [1.29, 1.82) is 0 Å². The molecule has 0 aromatic heterocycles. The normalized spacial score (nSPS) is 16.3. The van der Waals surface area contributed by atoms with Crippen LogP contribution in [0.5, 0.6) is 0 Å². The molecule has 1 aliphatic carbocycles. The number of rotatable bonds is 5. The van der Waals surface area contributed by atoms with Gasteiger partial charge in [0.15, 0.2) is 0 Å². The zero-order valence-electron chi connectivity index (χ0n) is 10.8. The summed E-state index contributed by atoms with van der Waals surface area (Å²) in [4.78, 5) is 22.8. The van der Waals surface area contributed by atoms with Gasteiger partial charge >= 0.3 is 5.97 Å². The van der Waals surface area contributed by atoms with Gasteiger partial charge in [0.05, 0.1) is 18.4 Å². The summed E-state index contributed by atoms with van der Waals surface area (Å²) in [7, 11) is 0. The zero-order chi connectivity index (χ0) is 14.8. The van der Waals surface area contributed by atoms with E-state index >= 15 is 0 Å². The summed E-state index contributed by atoms with van der Waals surface area (Å²) in [6.07, 6.45) is 2.19. The molecule has 2 rings (SSSR count). The first-order valence-electron chi connectivity index (χ1n) is 6.37. The Hall–Kier alpha value is -1.62. The number of hydrogen-bond acceptors (Lipinski definition) is 2. The fraction of sp³-hybridized carbons (Fsp3) is 0.429. The Balaban J connectivity index is 1.99. The largest absolute Gasteiger partial charge is 0.481 e. The van der Waals surface area contributed by atoms with Crippen LogP contribution in [0.15, 0.2) is 18.2 Å². The third-order valence-corrected chi connectivity index (χ3v) is 3.92. The lowest BCUT2D eigenvalue weighted by atomic mass is 9.74. The SMILES string of the molecule is O=C(O)CC1(NC(=O)Cc2ccc(F)cc2Cl)CCC1. The van der Waals surface area contributed by atoms with Crippen molar-refractivity contribution in [2.75, 3.05) is 0 Å². The van der Waals surface area contributed by atoms with E-state index in [1.54, 1.807) is 0 Å². The van der Waals surface area contributed by atoms with E-state index in [-0.39, 0.29) is 23.8 Å². The second-order valence-corrected chi connectivity index (χ2v) is 5.57. The Morgan fingerprint density at radius 3 is 2.60 bits per heavy atom. The highest BCUT2D eigenvalue weighted by Crippen LogP contribution is 2.35. The lowest BCUT2D eigenvalue weighted by molar-refractivity contribution is -0.140. The maximum atomic E-state index is 12.9. The highest BCUT2D eigenvalue weighted by molar-refractivity contribution is 6.31. The maximum Gasteiger partial charge on any atom is 0.305 e. The summed E-state index contributed by atoms with van der Waals surface area (Å²) in [6, 6.07) is 3.85. The molecule has 1 aromatic rings. The van der Waals surface area contributed by atoms with E-state index in [9.17, 15) is 14.0 Å². The molecule has 1 aromatic carbocycles. The molecule has 6 heteroatoms. The quantitative estimate of drug-likeness (QED) is 0.878. The van der Waals surface area contributed by atoms with Crippen molar-refractivity contribution in [2.24, 2.45) is 0 Å². The number of carbonyl (C=O) groups is 2. The summed E-state index contributed by atoms with van der Waals surface area (Å²) in [6.45, 7) is 0. The smallest absolute Gasteiger partial charge is 0.305 e. The van der Waals surface area contributed by atoms with E-state index in [0.717, 1.165) is 12.5 Å². The number of amides is 1. The minimum Gasteiger partial charge on any atom is -0.481 e. The van der Waals surface area contributed by atoms with Crippen molar-refractivity contribution in [3.05, 3.63) is 34.6 Å². The van der Waals surface area contributed by atoms with Gasteiger partial charge in [-0.3, -0.25) is 9.59 Å². The van der Waals surface area contributed by atoms with Gasteiger partial charge in [0, 0.05) is 5.02 Å². The highest BCUT2D eigenvalue weighted by atomic mass is 35.5. The first-order chi connectivity index (χ1) is 9.40. The summed E-state index contributed by atoms with van der Waals surface area (Å²) >= 11 is 5.86. The van der Waals surface area contributed by atoms with Gasteiger partial charge in [0.2, 0.25) is 5.91 Å². The van der Waals surface area contributed by atoms with E-state index in [2.05, 4.69) is 5.32 Å². The van der Waals surface area contributed by atoms with Crippen LogP contribution < -0.4 is 5.32 Å². The average Bonchev–Trinajstić information content (AvgIpc) is 2.29. The molecule has 0 unspecified atom stereocenters. The lowest BCUT2D eigenvalue weighted by Crippen LogP contribution is -2.55. The Bertz CT molecular complexity index is 543. The van der Waals surface area contributed by atoms with Gasteiger partial charge in [-0.15, -0.1) is 0 Å². The molecular formula is C14H15ClFNO3. The second-order valence-electron chi connectivity index (χ2n) is 5.17. The van der Waals surface area contributed by atoms with Crippen LogP contribution in [-0.2, 0) is 16.0 Å². The molecule has 108 valence electrons. The van der Waals surface area contributed by atoms with E-state index < -0.39 is 17.3 Å². The molecule has 2 N–H and O–H groups in total. The third-order valence-electron chi connectivity index (χ3n) is 3.57. The maximum absolute atomic E-state index is 12.9. The van der Waals surface area contributed by atoms with Gasteiger partial charge in [0.1, 0.15) is 5.82 Å². The third kappa shape index (κ3) is 3.48. The molecule has 0 bridgehead atoms. The van der Waals surface area contributed by atoms with Crippen LogP contribution in [-0.4, -0.2) is 22.5 Å². The van der Waals surface area contributed by atoms with Crippen LogP contribution in [0.4, 0.5) is 4.39 Å². The van der Waals surface area contributed by atoms with Crippen LogP contribution >= 0.6 is 11.6 Å². The molecule has 1 fully saturated rings. The van der Waals surface area contributed by atoms with Crippen LogP contribution in [0.25, 0.3) is 0 Å². The van der Waals surface area contributed by atoms with Crippen LogP contribution in [0.1, 0.15) is 31.2 Å². The van der Waals surface area contributed by atoms with Crippen LogP contribution in [0, 0.1) is 5.82 Å². The monoisotopic (exact) mass is 299 g/mol. The Morgan fingerprint density at radius 1 is 1.40 bits per heavy atom.